The van der Waals surface area contributed by atoms with E-state index in [9.17, 15) is 4.79 Å². The lowest BCUT2D eigenvalue weighted by Crippen LogP contribution is -2.29. The zero-order chi connectivity index (χ0) is 16.1. The molecule has 2 aliphatic carbocycles. The van der Waals surface area contributed by atoms with Crippen LogP contribution in [0, 0.1) is 17.8 Å². The number of nitrogens with one attached hydrogen (secondary N) is 2. The SMILES string of the molecule is O=C(Nc1cc2c(N3CCCCC3)n[nH]c2cn1)C1[C@H]2CCC[C@@H]12. The van der Waals surface area contributed by atoms with Gasteiger partial charge < -0.3 is 10.2 Å². The van der Waals surface area contributed by atoms with Crippen molar-refractivity contribution in [2.24, 2.45) is 17.8 Å². The Hall–Kier alpha value is -2.11. The van der Waals surface area contributed by atoms with Gasteiger partial charge in [0.25, 0.3) is 0 Å². The van der Waals surface area contributed by atoms with E-state index in [1.165, 1.54) is 38.5 Å². The zero-order valence-electron chi connectivity index (χ0n) is 13.8. The van der Waals surface area contributed by atoms with E-state index in [-0.39, 0.29) is 11.8 Å². The van der Waals surface area contributed by atoms with Crippen molar-refractivity contribution in [3.63, 3.8) is 0 Å². The molecule has 1 aliphatic heterocycles. The first-order chi connectivity index (χ1) is 11.8. The Morgan fingerprint density at radius 3 is 2.75 bits per heavy atom. The van der Waals surface area contributed by atoms with Gasteiger partial charge in [-0.1, -0.05) is 6.42 Å². The van der Waals surface area contributed by atoms with Gasteiger partial charge in [-0.3, -0.25) is 9.89 Å². The second-order valence-electron chi connectivity index (χ2n) is 7.48. The van der Waals surface area contributed by atoms with E-state index in [0.29, 0.717) is 17.7 Å². The predicted octanol–water partition coefficient (Wildman–Crippen LogP) is 2.93. The molecule has 24 heavy (non-hydrogen) atoms. The Labute approximate surface area is 141 Å². The summed E-state index contributed by atoms with van der Waals surface area (Å²) >= 11 is 0. The topological polar surface area (TPSA) is 73.9 Å². The Morgan fingerprint density at radius 1 is 1.17 bits per heavy atom. The van der Waals surface area contributed by atoms with Gasteiger partial charge >= 0.3 is 0 Å². The molecule has 1 unspecified atom stereocenters. The lowest BCUT2D eigenvalue weighted by atomic mass is 10.1. The Balaban J connectivity index is 1.37. The second-order valence-corrected chi connectivity index (χ2v) is 7.48. The molecule has 6 heteroatoms. The average Bonchev–Trinajstić information content (AvgIpc) is 2.96. The minimum Gasteiger partial charge on any atom is -0.355 e. The third-order valence-electron chi connectivity index (χ3n) is 6.04. The van der Waals surface area contributed by atoms with Crippen LogP contribution in [-0.2, 0) is 4.79 Å². The number of rotatable bonds is 3. The van der Waals surface area contributed by atoms with Crippen LogP contribution in [0.5, 0.6) is 0 Å². The normalized spacial score (nSPS) is 28.8. The predicted molar refractivity (Wildman–Crippen MR) is 92.9 cm³/mol. The van der Waals surface area contributed by atoms with Crippen molar-refractivity contribution in [1.82, 2.24) is 15.2 Å². The van der Waals surface area contributed by atoms with E-state index in [0.717, 1.165) is 29.8 Å². The summed E-state index contributed by atoms with van der Waals surface area (Å²) in [5.74, 6) is 3.28. The summed E-state index contributed by atoms with van der Waals surface area (Å²) < 4.78 is 0. The van der Waals surface area contributed by atoms with Crippen molar-refractivity contribution >= 4 is 28.4 Å². The molecule has 3 fully saturated rings. The summed E-state index contributed by atoms with van der Waals surface area (Å²) in [4.78, 5) is 19.2. The van der Waals surface area contributed by atoms with Gasteiger partial charge in [-0.2, -0.15) is 5.10 Å². The average molecular weight is 325 g/mol. The molecular formula is C18H23N5O. The molecule has 1 amide bonds. The molecule has 3 aliphatic rings. The highest BCUT2D eigenvalue weighted by Crippen LogP contribution is 2.57. The van der Waals surface area contributed by atoms with Crippen molar-refractivity contribution in [3.8, 4) is 0 Å². The van der Waals surface area contributed by atoms with Crippen LogP contribution in [-0.4, -0.2) is 34.2 Å². The number of carbonyl (C=O) groups excluding carboxylic acids is 1. The fourth-order valence-electron chi connectivity index (χ4n) is 4.74. The highest BCUT2D eigenvalue weighted by Gasteiger charge is 2.56. The lowest BCUT2D eigenvalue weighted by Gasteiger charge is -2.26. The molecule has 3 atom stereocenters. The maximum absolute atomic E-state index is 12.5. The van der Waals surface area contributed by atoms with Crippen LogP contribution in [0.3, 0.4) is 0 Å². The molecule has 6 nitrogen and oxygen atoms in total. The number of carbonyl (C=O) groups is 1. The molecular weight excluding hydrogens is 302 g/mol. The summed E-state index contributed by atoms with van der Waals surface area (Å²) in [7, 11) is 0. The van der Waals surface area contributed by atoms with E-state index in [2.05, 4.69) is 25.4 Å². The van der Waals surface area contributed by atoms with Crippen molar-refractivity contribution in [1.29, 1.82) is 0 Å². The molecule has 1 saturated heterocycles. The number of hydrogen-bond acceptors (Lipinski definition) is 4. The van der Waals surface area contributed by atoms with Crippen molar-refractivity contribution in [3.05, 3.63) is 12.3 Å². The first kappa shape index (κ1) is 14.3. The molecule has 2 N–H and O–H groups in total. The number of anilines is 2. The van der Waals surface area contributed by atoms with Crippen LogP contribution >= 0.6 is 0 Å². The maximum Gasteiger partial charge on any atom is 0.229 e. The third-order valence-corrected chi connectivity index (χ3v) is 6.04. The van der Waals surface area contributed by atoms with Crippen LogP contribution in [0.2, 0.25) is 0 Å². The summed E-state index contributed by atoms with van der Waals surface area (Å²) in [6.45, 7) is 2.10. The molecule has 126 valence electrons. The van der Waals surface area contributed by atoms with Gasteiger partial charge in [0.2, 0.25) is 5.91 Å². The largest absolute Gasteiger partial charge is 0.355 e. The quantitative estimate of drug-likeness (QED) is 0.910. The van der Waals surface area contributed by atoms with Gasteiger partial charge in [-0.25, -0.2) is 4.98 Å². The summed E-state index contributed by atoms with van der Waals surface area (Å²) in [5.41, 5.74) is 0.928. The number of nitrogens with zero attached hydrogens (tertiary/aromatic N) is 3. The molecule has 5 rings (SSSR count). The first-order valence-electron chi connectivity index (χ1n) is 9.21. The first-order valence-corrected chi connectivity index (χ1v) is 9.21. The van der Waals surface area contributed by atoms with Gasteiger partial charge in [-0.05, 0) is 50.0 Å². The smallest absolute Gasteiger partial charge is 0.229 e. The van der Waals surface area contributed by atoms with Gasteiger partial charge in [0, 0.05) is 24.4 Å². The number of aromatic nitrogens is 3. The van der Waals surface area contributed by atoms with Gasteiger partial charge in [0.15, 0.2) is 5.82 Å². The van der Waals surface area contributed by atoms with Crippen molar-refractivity contribution < 1.29 is 4.79 Å². The highest BCUT2D eigenvalue weighted by molar-refractivity contribution is 5.97. The van der Waals surface area contributed by atoms with Gasteiger partial charge in [0.05, 0.1) is 11.7 Å². The van der Waals surface area contributed by atoms with Crippen LogP contribution in [0.1, 0.15) is 38.5 Å². The van der Waals surface area contributed by atoms with Crippen molar-refractivity contribution in [2.75, 3.05) is 23.3 Å². The Morgan fingerprint density at radius 2 is 1.96 bits per heavy atom. The van der Waals surface area contributed by atoms with Crippen molar-refractivity contribution in [2.45, 2.75) is 38.5 Å². The van der Waals surface area contributed by atoms with E-state index >= 15 is 0 Å². The lowest BCUT2D eigenvalue weighted by molar-refractivity contribution is -0.118. The van der Waals surface area contributed by atoms with Gasteiger partial charge in [0.1, 0.15) is 5.82 Å². The van der Waals surface area contributed by atoms with Crippen LogP contribution < -0.4 is 10.2 Å². The minimum absolute atomic E-state index is 0.152. The minimum atomic E-state index is 0.152. The Kier molecular flexibility index (Phi) is 3.24. The molecule has 2 aromatic heterocycles. The molecule has 2 aromatic rings. The Bertz CT molecular complexity index is 769. The standard InChI is InChI=1S/C18H23N5O/c24-18(16-11-5-4-6-12(11)16)20-15-9-13-14(10-19-15)21-22-17(13)23-7-2-1-3-8-23/h9-12,16H,1-8H2,(H,21,22)(H,19,20,24)/t11-,12+,16?. The van der Waals surface area contributed by atoms with E-state index in [1.807, 2.05) is 6.07 Å². The van der Waals surface area contributed by atoms with E-state index in [1.54, 1.807) is 6.20 Å². The number of hydrogen-bond donors (Lipinski definition) is 2. The molecule has 0 spiro atoms. The fourth-order valence-corrected chi connectivity index (χ4v) is 4.74. The number of fused-ring (bicyclic) bond motifs is 2. The van der Waals surface area contributed by atoms with E-state index in [4.69, 9.17) is 0 Å². The number of aromatic amines is 1. The van der Waals surface area contributed by atoms with Crippen LogP contribution in [0.25, 0.3) is 10.9 Å². The van der Waals surface area contributed by atoms with Gasteiger partial charge in [-0.15, -0.1) is 0 Å². The third kappa shape index (κ3) is 2.27. The molecule has 3 heterocycles. The summed E-state index contributed by atoms with van der Waals surface area (Å²) in [5, 5.41) is 11.6. The maximum atomic E-state index is 12.5. The highest BCUT2D eigenvalue weighted by atomic mass is 16.2. The van der Waals surface area contributed by atoms with E-state index < -0.39 is 0 Å². The molecule has 0 bridgehead atoms. The molecule has 2 saturated carbocycles. The van der Waals surface area contributed by atoms with Crippen LogP contribution in [0.15, 0.2) is 12.3 Å². The number of H-pyrrole nitrogens is 1. The zero-order valence-corrected chi connectivity index (χ0v) is 13.8. The number of piperidine rings is 1. The fraction of sp³-hybridized carbons (Fsp3) is 0.611. The molecule has 0 aromatic carbocycles. The molecule has 0 radical (unpaired) electrons. The monoisotopic (exact) mass is 325 g/mol. The second kappa shape index (κ2) is 5.46. The van der Waals surface area contributed by atoms with Crippen LogP contribution in [0.4, 0.5) is 11.6 Å². The number of pyridine rings is 1. The summed E-state index contributed by atoms with van der Waals surface area (Å²) in [6, 6.07) is 1.97. The summed E-state index contributed by atoms with van der Waals surface area (Å²) in [6.07, 6.45) is 9.23. The number of amides is 1.